The Hall–Kier alpha value is -0.920. The van der Waals surface area contributed by atoms with E-state index in [1.54, 1.807) is 12.4 Å². The summed E-state index contributed by atoms with van der Waals surface area (Å²) in [4.78, 5) is 0. The third-order valence-electron chi connectivity index (χ3n) is 1.12. The lowest BCUT2D eigenvalue weighted by atomic mass is 10.2. The monoisotopic (exact) mass is 112 g/mol. The zero-order valence-corrected chi connectivity index (χ0v) is 5.31. The van der Waals surface area contributed by atoms with E-state index in [1.807, 2.05) is 13.8 Å². The van der Waals surface area contributed by atoms with Crippen molar-refractivity contribution in [1.29, 1.82) is 0 Å². The fourth-order valence-corrected chi connectivity index (χ4v) is 0.263. The Labute approximate surface area is 49.2 Å². The van der Waals surface area contributed by atoms with E-state index in [1.165, 1.54) is 0 Å². The average molecular weight is 112 g/mol. The summed E-state index contributed by atoms with van der Waals surface area (Å²) in [5, 5.41) is 10.4. The zero-order chi connectivity index (χ0) is 6.57. The van der Waals surface area contributed by atoms with E-state index in [0.29, 0.717) is 0 Å². The normalized spacial score (nSPS) is 12.2. The zero-order valence-electron chi connectivity index (χ0n) is 5.31. The fourth-order valence-electron chi connectivity index (χ4n) is 0.263. The summed E-state index contributed by atoms with van der Waals surface area (Å²) in [6.07, 6.45) is 3.08. The summed E-state index contributed by atoms with van der Waals surface area (Å²) in [7, 11) is 0. The van der Waals surface area contributed by atoms with Gasteiger partial charge in [0.2, 0.25) is 0 Å². The molecule has 0 bridgehead atoms. The highest BCUT2D eigenvalue weighted by molar-refractivity contribution is 5.85. The van der Waals surface area contributed by atoms with E-state index in [-0.39, 0.29) is 0 Å². The Bertz CT molecular complexity index is 117. The van der Waals surface area contributed by atoms with Crippen LogP contribution in [0.4, 0.5) is 0 Å². The van der Waals surface area contributed by atoms with Crippen molar-refractivity contribution in [3.05, 3.63) is 11.1 Å². The third-order valence-corrected chi connectivity index (χ3v) is 1.12. The summed E-state index contributed by atoms with van der Waals surface area (Å²) < 4.78 is 0. The van der Waals surface area contributed by atoms with Crippen LogP contribution in [0.2, 0.25) is 0 Å². The van der Waals surface area contributed by atoms with Crippen LogP contribution in [0.25, 0.3) is 0 Å². The van der Waals surface area contributed by atoms with Crippen LogP contribution in [0.3, 0.4) is 0 Å². The minimum atomic E-state index is 1.02. The Kier molecular flexibility index (Phi) is 2.77. The van der Waals surface area contributed by atoms with Gasteiger partial charge in [-0.05, 0) is 13.8 Å². The first-order valence-electron chi connectivity index (χ1n) is 2.49. The van der Waals surface area contributed by atoms with Crippen molar-refractivity contribution in [1.82, 2.24) is 0 Å². The van der Waals surface area contributed by atoms with Gasteiger partial charge in [-0.15, -0.1) is 0 Å². The van der Waals surface area contributed by atoms with Gasteiger partial charge in [0.1, 0.15) is 0 Å². The molecule has 0 heterocycles. The minimum absolute atomic E-state index is 1.02. The molecule has 0 saturated carbocycles. The molecule has 0 aliphatic carbocycles. The van der Waals surface area contributed by atoms with Crippen LogP contribution in [0.15, 0.2) is 11.1 Å². The molecule has 0 saturated heterocycles. The molecule has 0 radical (unpaired) electrons. The van der Waals surface area contributed by atoms with Crippen molar-refractivity contribution in [2.24, 2.45) is 0 Å². The molecule has 0 aromatic carbocycles. The van der Waals surface area contributed by atoms with Crippen LogP contribution in [0.1, 0.15) is 13.8 Å². The van der Waals surface area contributed by atoms with Gasteiger partial charge in [-0.25, -0.2) is 0 Å². The van der Waals surface area contributed by atoms with Crippen molar-refractivity contribution in [3.8, 4) is 0 Å². The van der Waals surface area contributed by atoms with Gasteiger partial charge in [-0.1, -0.05) is 0 Å². The Morgan fingerprint density at radius 3 is 1.38 bits per heavy atom. The van der Waals surface area contributed by atoms with Gasteiger partial charge in [-0.2, -0.15) is 0 Å². The largest absolute Gasteiger partial charge is 0.260 e. The molecule has 44 valence electrons. The highest BCUT2D eigenvalue weighted by Crippen LogP contribution is 1.92. The van der Waals surface area contributed by atoms with Crippen LogP contribution in [0, 0.1) is 0 Å². The van der Waals surface area contributed by atoms with Crippen LogP contribution in [0.5, 0.6) is 0 Å². The molecule has 0 spiro atoms. The second kappa shape index (κ2) is 3.13. The lowest BCUT2D eigenvalue weighted by molar-refractivity contribution is -0.107. The predicted octanol–water partition coefficient (Wildman–Crippen LogP) is -2.02. The molecule has 0 rings (SSSR count). The molecule has 0 aliphatic rings. The average Bonchev–Trinajstić information content (AvgIpc) is 1.84. The molecule has 0 amide bonds. The summed E-state index contributed by atoms with van der Waals surface area (Å²) in [6.45, 7) is 3.83. The first-order chi connectivity index (χ1) is 3.72. The van der Waals surface area contributed by atoms with E-state index < -0.39 is 0 Å². The molecule has 0 atom stereocenters. The topological polar surface area (TPSA) is 51.2 Å². The Balaban J connectivity index is 4.25. The lowest BCUT2D eigenvalue weighted by Crippen LogP contribution is -2.33. The van der Waals surface area contributed by atoms with Gasteiger partial charge in [0.05, 0.1) is 0 Å². The van der Waals surface area contributed by atoms with Crippen molar-refractivity contribution < 1.29 is 10.8 Å². The van der Waals surface area contributed by atoms with Crippen LogP contribution < -0.4 is 10.8 Å². The van der Waals surface area contributed by atoms with E-state index in [9.17, 15) is 0 Å². The molecule has 0 fully saturated rings. The van der Waals surface area contributed by atoms with E-state index in [4.69, 9.17) is 10.8 Å². The minimum Gasteiger partial charge on any atom is -0.260 e. The van der Waals surface area contributed by atoms with Crippen molar-refractivity contribution >= 4 is 12.4 Å². The first kappa shape index (κ1) is 7.08. The smallest absolute Gasteiger partial charge is 0.163 e. The maximum atomic E-state index is 5.19. The quantitative estimate of drug-likeness (QED) is 0.388. The van der Waals surface area contributed by atoms with Gasteiger partial charge in [-0.3, -0.25) is 10.8 Å². The second-order valence-electron chi connectivity index (χ2n) is 1.70. The van der Waals surface area contributed by atoms with Gasteiger partial charge < -0.3 is 0 Å². The van der Waals surface area contributed by atoms with Crippen LogP contribution in [-0.4, -0.2) is 12.4 Å². The van der Waals surface area contributed by atoms with Gasteiger partial charge in [0.15, 0.2) is 12.4 Å². The SMILES string of the molecule is C/C(C=[NH2+])=C(\C)C=[NH2+]. The summed E-state index contributed by atoms with van der Waals surface area (Å²) >= 11 is 0. The van der Waals surface area contributed by atoms with E-state index in [2.05, 4.69) is 0 Å². The summed E-state index contributed by atoms with van der Waals surface area (Å²) in [6, 6.07) is 0. The van der Waals surface area contributed by atoms with Crippen molar-refractivity contribution in [2.45, 2.75) is 13.8 Å². The van der Waals surface area contributed by atoms with Crippen LogP contribution in [-0.2, 0) is 0 Å². The second-order valence-corrected chi connectivity index (χ2v) is 1.70. The number of rotatable bonds is 2. The standard InChI is InChI=1S/C6H10N2/c1-5(3-7)6(2)4-8/h3-4,7-8H,1-2H3/p+2/b6-5-,7-3?,8-4?. The van der Waals surface area contributed by atoms with Gasteiger partial charge in [0.25, 0.3) is 0 Å². The molecule has 4 N–H and O–H groups in total. The van der Waals surface area contributed by atoms with Crippen LogP contribution >= 0.6 is 0 Å². The Morgan fingerprint density at radius 2 is 1.25 bits per heavy atom. The van der Waals surface area contributed by atoms with Crippen molar-refractivity contribution in [3.63, 3.8) is 0 Å². The van der Waals surface area contributed by atoms with E-state index in [0.717, 1.165) is 11.1 Å². The first-order valence-corrected chi connectivity index (χ1v) is 2.49. The maximum absolute atomic E-state index is 5.19. The molecular weight excluding hydrogens is 100 g/mol. The molecule has 0 aromatic rings. The fraction of sp³-hybridized carbons (Fsp3) is 0.333. The van der Waals surface area contributed by atoms with Gasteiger partial charge in [0, 0.05) is 11.1 Å². The summed E-state index contributed by atoms with van der Waals surface area (Å²) in [5.74, 6) is 0. The molecule has 2 nitrogen and oxygen atoms in total. The maximum Gasteiger partial charge on any atom is 0.163 e. The third kappa shape index (κ3) is 1.69. The highest BCUT2D eigenvalue weighted by atomic mass is 14.3. The van der Waals surface area contributed by atoms with Crippen molar-refractivity contribution in [2.75, 3.05) is 0 Å². The highest BCUT2D eigenvalue weighted by Gasteiger charge is 1.91. The molecule has 0 aliphatic heterocycles. The number of hydrogen-bond donors (Lipinski definition) is 2. The summed E-state index contributed by atoms with van der Waals surface area (Å²) in [5.41, 5.74) is 2.04. The van der Waals surface area contributed by atoms with Gasteiger partial charge >= 0.3 is 0 Å². The number of hydrogen-bond acceptors (Lipinski definition) is 0. The molecule has 0 aromatic heterocycles. The number of allylic oxidation sites excluding steroid dienone is 2. The predicted molar refractivity (Wildman–Crippen MR) is 34.4 cm³/mol. The number of nitrogens with two attached hydrogens (primary N) is 2. The molecule has 8 heavy (non-hydrogen) atoms. The Morgan fingerprint density at radius 1 is 1.00 bits per heavy atom. The molecular formula is C6H12N2+2. The molecule has 0 unspecified atom stereocenters. The van der Waals surface area contributed by atoms with E-state index >= 15 is 0 Å². The molecule has 2 heteroatoms. The lowest BCUT2D eigenvalue weighted by Gasteiger charge is -1.83.